The van der Waals surface area contributed by atoms with Gasteiger partial charge >= 0.3 is 0 Å². The van der Waals surface area contributed by atoms with Gasteiger partial charge in [-0.05, 0) is 49.8 Å². The number of amides is 2. The molecule has 3 aliphatic rings. The van der Waals surface area contributed by atoms with Gasteiger partial charge in [-0.1, -0.05) is 19.8 Å². The lowest BCUT2D eigenvalue weighted by Gasteiger charge is -2.31. The standard InChI is InChI=1S/C21H29N3O4S2/c1-15-8-12-24(13-9-15)30(27,28)16-6-7-18-17(14-16)22-20(25)19(29-18)21(26)23-10-4-2-3-5-11-23/h6-7,14-15,19H,2-5,8-13H2,1H3,(H,22,25). The van der Waals surface area contributed by atoms with E-state index in [2.05, 4.69) is 12.2 Å². The number of rotatable bonds is 3. The van der Waals surface area contributed by atoms with Gasteiger partial charge < -0.3 is 10.2 Å². The van der Waals surface area contributed by atoms with E-state index in [1.165, 1.54) is 22.1 Å². The predicted octanol–water partition coefficient (Wildman–Crippen LogP) is 2.92. The first kappa shape index (κ1) is 21.6. The highest BCUT2D eigenvalue weighted by Gasteiger charge is 2.37. The maximum Gasteiger partial charge on any atom is 0.247 e. The summed E-state index contributed by atoms with van der Waals surface area (Å²) in [5, 5.41) is 1.96. The van der Waals surface area contributed by atoms with Crippen molar-refractivity contribution in [2.75, 3.05) is 31.5 Å². The number of carbonyl (C=O) groups excluding carboxylic acids is 2. The molecule has 1 aromatic rings. The van der Waals surface area contributed by atoms with E-state index in [0.29, 0.717) is 37.8 Å². The van der Waals surface area contributed by atoms with Crippen LogP contribution in [0.2, 0.25) is 0 Å². The highest BCUT2D eigenvalue weighted by atomic mass is 32.2. The third kappa shape index (κ3) is 4.38. The van der Waals surface area contributed by atoms with Crippen LogP contribution in [-0.2, 0) is 19.6 Å². The fraction of sp³-hybridized carbons (Fsp3) is 0.619. The molecule has 0 aromatic heterocycles. The summed E-state index contributed by atoms with van der Waals surface area (Å²) in [5.41, 5.74) is 0.469. The summed E-state index contributed by atoms with van der Waals surface area (Å²) in [6, 6.07) is 4.83. The van der Waals surface area contributed by atoms with E-state index in [-0.39, 0.29) is 16.7 Å². The Balaban J connectivity index is 1.51. The zero-order chi connectivity index (χ0) is 21.3. The average molecular weight is 452 g/mol. The molecule has 7 nitrogen and oxygen atoms in total. The van der Waals surface area contributed by atoms with Gasteiger partial charge in [0.05, 0.1) is 10.6 Å². The first-order valence-electron chi connectivity index (χ1n) is 10.8. The van der Waals surface area contributed by atoms with E-state index in [4.69, 9.17) is 0 Å². The molecular formula is C21H29N3O4S2. The highest BCUT2D eigenvalue weighted by molar-refractivity contribution is 8.01. The smallest absolute Gasteiger partial charge is 0.247 e. The Kier molecular flexibility index (Phi) is 6.41. The number of likely N-dealkylation sites (tertiary alicyclic amines) is 1. The van der Waals surface area contributed by atoms with Crippen molar-refractivity contribution in [3.8, 4) is 0 Å². The minimum atomic E-state index is -3.59. The summed E-state index contributed by atoms with van der Waals surface area (Å²) in [7, 11) is -3.59. The van der Waals surface area contributed by atoms with Crippen LogP contribution in [0.25, 0.3) is 0 Å². The third-order valence-electron chi connectivity index (χ3n) is 6.21. The maximum absolute atomic E-state index is 13.0. The van der Waals surface area contributed by atoms with Gasteiger partial charge in [0.2, 0.25) is 21.8 Å². The summed E-state index contributed by atoms with van der Waals surface area (Å²) in [5.74, 6) is 0.0154. The van der Waals surface area contributed by atoms with Crippen molar-refractivity contribution < 1.29 is 18.0 Å². The van der Waals surface area contributed by atoms with Crippen molar-refractivity contribution in [1.82, 2.24) is 9.21 Å². The summed E-state index contributed by atoms with van der Waals surface area (Å²) in [6.45, 7) is 4.57. The summed E-state index contributed by atoms with van der Waals surface area (Å²) in [4.78, 5) is 28.3. The van der Waals surface area contributed by atoms with Gasteiger partial charge in [0, 0.05) is 31.1 Å². The lowest BCUT2D eigenvalue weighted by molar-refractivity contribution is -0.133. The first-order chi connectivity index (χ1) is 14.4. The monoisotopic (exact) mass is 451 g/mol. The molecule has 0 radical (unpaired) electrons. The van der Waals surface area contributed by atoms with E-state index in [9.17, 15) is 18.0 Å². The van der Waals surface area contributed by atoms with Crippen LogP contribution in [0.15, 0.2) is 28.0 Å². The molecule has 0 spiro atoms. The SMILES string of the molecule is CC1CCN(S(=O)(=O)c2ccc3c(c2)NC(=O)C(C(=O)N2CCCCCC2)S3)CC1. The number of nitrogens with one attached hydrogen (secondary N) is 1. The second-order valence-corrected chi connectivity index (χ2v) is 11.6. The topological polar surface area (TPSA) is 86.8 Å². The summed E-state index contributed by atoms with van der Waals surface area (Å²) < 4.78 is 27.6. The fourth-order valence-corrected chi connectivity index (χ4v) is 6.79. The van der Waals surface area contributed by atoms with Crippen molar-refractivity contribution in [1.29, 1.82) is 0 Å². The molecule has 1 unspecified atom stereocenters. The molecular weight excluding hydrogens is 422 g/mol. The Labute approximate surface area is 182 Å². The molecule has 3 aliphatic heterocycles. The second-order valence-electron chi connectivity index (χ2n) is 8.47. The molecule has 0 bridgehead atoms. The number of nitrogens with zero attached hydrogens (tertiary/aromatic N) is 2. The van der Waals surface area contributed by atoms with Crippen LogP contribution in [0.3, 0.4) is 0 Å². The van der Waals surface area contributed by atoms with Crippen molar-refractivity contribution >= 4 is 39.3 Å². The molecule has 30 heavy (non-hydrogen) atoms. The number of fused-ring (bicyclic) bond motifs is 1. The van der Waals surface area contributed by atoms with Crippen LogP contribution < -0.4 is 5.32 Å². The van der Waals surface area contributed by atoms with Gasteiger partial charge in [0.15, 0.2) is 5.25 Å². The third-order valence-corrected chi connectivity index (χ3v) is 9.37. The lowest BCUT2D eigenvalue weighted by Crippen LogP contribution is -2.45. The molecule has 164 valence electrons. The quantitative estimate of drug-likeness (QED) is 0.714. The molecule has 1 atom stereocenters. The highest BCUT2D eigenvalue weighted by Crippen LogP contribution is 2.38. The molecule has 2 saturated heterocycles. The van der Waals surface area contributed by atoms with Crippen LogP contribution in [0, 0.1) is 5.92 Å². The van der Waals surface area contributed by atoms with Gasteiger partial charge in [-0.15, -0.1) is 11.8 Å². The number of thioether (sulfide) groups is 1. The Hall–Kier alpha value is -1.58. The normalized spacial score (nSPS) is 24.1. The Morgan fingerprint density at radius 2 is 1.73 bits per heavy atom. The molecule has 2 fully saturated rings. The van der Waals surface area contributed by atoms with Crippen LogP contribution in [0.1, 0.15) is 45.4 Å². The summed E-state index contributed by atoms with van der Waals surface area (Å²) in [6.07, 6.45) is 5.89. The van der Waals surface area contributed by atoms with E-state index < -0.39 is 15.3 Å². The minimum Gasteiger partial charge on any atom is -0.341 e. The maximum atomic E-state index is 13.0. The first-order valence-corrected chi connectivity index (χ1v) is 13.1. The van der Waals surface area contributed by atoms with Crippen LogP contribution >= 0.6 is 11.8 Å². The number of sulfonamides is 1. The van der Waals surface area contributed by atoms with Gasteiger partial charge in [0.1, 0.15) is 0 Å². The van der Waals surface area contributed by atoms with Crippen molar-refractivity contribution in [3.63, 3.8) is 0 Å². The molecule has 3 heterocycles. The van der Waals surface area contributed by atoms with E-state index in [1.54, 1.807) is 17.0 Å². The Morgan fingerprint density at radius 3 is 2.40 bits per heavy atom. The zero-order valence-electron chi connectivity index (χ0n) is 17.3. The van der Waals surface area contributed by atoms with E-state index in [1.807, 2.05) is 0 Å². The van der Waals surface area contributed by atoms with Crippen molar-refractivity contribution in [3.05, 3.63) is 18.2 Å². The predicted molar refractivity (Wildman–Crippen MR) is 117 cm³/mol. The van der Waals surface area contributed by atoms with E-state index in [0.717, 1.165) is 43.4 Å². The molecule has 9 heteroatoms. The van der Waals surface area contributed by atoms with Crippen molar-refractivity contribution in [2.45, 2.75) is 60.5 Å². The van der Waals surface area contributed by atoms with Crippen LogP contribution in [0.4, 0.5) is 5.69 Å². The second kappa shape index (κ2) is 8.88. The number of hydrogen-bond acceptors (Lipinski definition) is 5. The minimum absolute atomic E-state index is 0.149. The molecule has 4 rings (SSSR count). The zero-order valence-corrected chi connectivity index (χ0v) is 18.9. The molecule has 2 amide bonds. The number of piperidine rings is 1. The fourth-order valence-electron chi connectivity index (χ4n) is 4.24. The molecule has 1 N–H and O–H groups in total. The Morgan fingerprint density at radius 1 is 1.07 bits per heavy atom. The number of benzene rings is 1. The van der Waals surface area contributed by atoms with Gasteiger partial charge in [-0.3, -0.25) is 9.59 Å². The van der Waals surface area contributed by atoms with Gasteiger partial charge in [-0.25, -0.2) is 8.42 Å². The number of anilines is 1. The number of hydrogen-bond donors (Lipinski definition) is 1. The van der Waals surface area contributed by atoms with Crippen LogP contribution in [-0.4, -0.2) is 60.9 Å². The molecule has 0 aliphatic carbocycles. The molecule has 0 saturated carbocycles. The van der Waals surface area contributed by atoms with Crippen molar-refractivity contribution in [2.24, 2.45) is 5.92 Å². The average Bonchev–Trinajstić information content (AvgIpc) is 3.02. The summed E-state index contributed by atoms with van der Waals surface area (Å²) >= 11 is 1.22. The number of carbonyl (C=O) groups is 2. The van der Waals surface area contributed by atoms with E-state index >= 15 is 0 Å². The largest absolute Gasteiger partial charge is 0.341 e. The molecule has 1 aromatic carbocycles. The lowest BCUT2D eigenvalue weighted by atomic mass is 10.0. The van der Waals surface area contributed by atoms with Crippen LogP contribution in [0.5, 0.6) is 0 Å². The van der Waals surface area contributed by atoms with Gasteiger partial charge in [0.25, 0.3) is 0 Å². The Bertz CT molecular complexity index is 918. The van der Waals surface area contributed by atoms with Gasteiger partial charge in [-0.2, -0.15) is 4.31 Å².